The van der Waals surface area contributed by atoms with Gasteiger partial charge in [-0.05, 0) is 19.1 Å². The second kappa shape index (κ2) is 5.20. The lowest BCUT2D eigenvalue weighted by molar-refractivity contribution is -0.119. The molecule has 1 aromatic rings. The molecule has 0 aromatic heterocycles. The van der Waals surface area contributed by atoms with E-state index in [1.165, 1.54) is 32.2 Å². The predicted molar refractivity (Wildman–Crippen MR) is 60.8 cm³/mol. The van der Waals surface area contributed by atoms with Crippen molar-refractivity contribution in [2.45, 2.75) is 13.0 Å². The number of carbonyl (C=O) groups excluding carboxylic acids is 2. The Kier molecular flexibility index (Phi) is 3.92. The van der Waals surface area contributed by atoms with Crippen LogP contribution in [0.4, 0.5) is 0 Å². The normalized spacial score (nSPS) is 11.6. The summed E-state index contributed by atoms with van der Waals surface area (Å²) in [5.74, 6) is -1.01. The number of phenols is 1. The predicted octanol–water partition coefficient (Wildman–Crippen LogP) is 0.00440. The summed E-state index contributed by atoms with van der Waals surface area (Å²) >= 11 is 0. The van der Waals surface area contributed by atoms with Crippen molar-refractivity contribution in [1.82, 2.24) is 5.32 Å². The molecule has 0 saturated carbocycles. The highest BCUT2D eigenvalue weighted by atomic mass is 16.5. The number of aromatic hydroxyl groups is 1. The summed E-state index contributed by atoms with van der Waals surface area (Å²) in [6.07, 6.45) is 0. The Morgan fingerprint density at radius 2 is 2.12 bits per heavy atom. The van der Waals surface area contributed by atoms with Gasteiger partial charge in [-0.3, -0.25) is 9.59 Å². The highest BCUT2D eigenvalue weighted by molar-refractivity contribution is 5.99. The molecule has 4 N–H and O–H groups in total. The maximum Gasteiger partial charge on any atom is 0.255 e. The minimum absolute atomic E-state index is 0.0545. The van der Waals surface area contributed by atoms with Crippen molar-refractivity contribution in [1.29, 1.82) is 0 Å². The number of hydrogen-bond acceptors (Lipinski definition) is 4. The molecule has 6 heteroatoms. The number of ether oxygens (including phenoxy) is 1. The van der Waals surface area contributed by atoms with Crippen molar-refractivity contribution in [3.05, 3.63) is 23.8 Å². The lowest BCUT2D eigenvalue weighted by Gasteiger charge is -2.11. The van der Waals surface area contributed by atoms with E-state index in [0.29, 0.717) is 5.75 Å². The van der Waals surface area contributed by atoms with Gasteiger partial charge in [0.2, 0.25) is 5.91 Å². The van der Waals surface area contributed by atoms with Crippen molar-refractivity contribution < 1.29 is 19.4 Å². The number of primary amides is 1. The number of hydrogen-bond donors (Lipinski definition) is 3. The van der Waals surface area contributed by atoms with Gasteiger partial charge >= 0.3 is 0 Å². The quantitative estimate of drug-likeness (QED) is 0.687. The fraction of sp³-hybridized carbons (Fsp3) is 0.273. The lowest BCUT2D eigenvalue weighted by atomic mass is 10.1. The van der Waals surface area contributed by atoms with Crippen LogP contribution in [-0.2, 0) is 4.79 Å². The van der Waals surface area contributed by atoms with Crippen molar-refractivity contribution in [3.63, 3.8) is 0 Å². The van der Waals surface area contributed by atoms with Gasteiger partial charge < -0.3 is 20.9 Å². The van der Waals surface area contributed by atoms with Crippen LogP contribution in [0.5, 0.6) is 11.5 Å². The van der Waals surface area contributed by atoms with Crippen LogP contribution < -0.4 is 15.8 Å². The van der Waals surface area contributed by atoms with Crippen LogP contribution in [0.2, 0.25) is 0 Å². The van der Waals surface area contributed by atoms with Crippen LogP contribution in [0, 0.1) is 0 Å². The number of carbonyl (C=O) groups is 2. The van der Waals surface area contributed by atoms with E-state index in [2.05, 4.69) is 5.32 Å². The van der Waals surface area contributed by atoms with E-state index in [9.17, 15) is 14.7 Å². The average Bonchev–Trinajstić information content (AvgIpc) is 2.28. The molecular weight excluding hydrogens is 224 g/mol. The van der Waals surface area contributed by atoms with E-state index >= 15 is 0 Å². The third-order valence-electron chi connectivity index (χ3n) is 2.22. The Balaban J connectivity index is 2.86. The fourth-order valence-electron chi connectivity index (χ4n) is 1.18. The number of amides is 2. The van der Waals surface area contributed by atoms with Crippen LogP contribution in [0.1, 0.15) is 17.3 Å². The third-order valence-corrected chi connectivity index (χ3v) is 2.22. The van der Waals surface area contributed by atoms with Crippen LogP contribution in [0.15, 0.2) is 18.2 Å². The molecule has 0 radical (unpaired) electrons. The van der Waals surface area contributed by atoms with Crippen molar-refractivity contribution in [2.75, 3.05) is 7.11 Å². The summed E-state index contributed by atoms with van der Waals surface area (Å²) in [5.41, 5.74) is 5.06. The highest BCUT2D eigenvalue weighted by Crippen LogP contribution is 2.23. The van der Waals surface area contributed by atoms with Gasteiger partial charge in [-0.1, -0.05) is 0 Å². The maximum absolute atomic E-state index is 11.7. The van der Waals surface area contributed by atoms with Gasteiger partial charge in [0.25, 0.3) is 5.91 Å². The molecule has 6 nitrogen and oxygen atoms in total. The van der Waals surface area contributed by atoms with Gasteiger partial charge in [0.1, 0.15) is 17.5 Å². The number of methoxy groups -OCH3 is 1. The van der Waals surface area contributed by atoms with Crippen LogP contribution in [-0.4, -0.2) is 30.1 Å². The Morgan fingerprint density at radius 3 is 2.59 bits per heavy atom. The zero-order chi connectivity index (χ0) is 13.0. The molecule has 2 amide bonds. The van der Waals surface area contributed by atoms with Crippen molar-refractivity contribution in [2.24, 2.45) is 5.73 Å². The fourth-order valence-corrected chi connectivity index (χ4v) is 1.18. The minimum Gasteiger partial charge on any atom is -0.507 e. The molecule has 1 atom stereocenters. The summed E-state index contributed by atoms with van der Waals surface area (Å²) < 4.78 is 4.88. The maximum atomic E-state index is 11.7. The van der Waals surface area contributed by atoms with Gasteiger partial charge in [0.15, 0.2) is 0 Å². The molecule has 17 heavy (non-hydrogen) atoms. The third kappa shape index (κ3) is 3.10. The molecular formula is C11H14N2O4. The van der Waals surface area contributed by atoms with E-state index in [0.717, 1.165) is 0 Å². The Hall–Kier alpha value is -2.24. The van der Waals surface area contributed by atoms with E-state index in [4.69, 9.17) is 10.5 Å². The second-order valence-corrected chi connectivity index (χ2v) is 3.48. The molecule has 0 aliphatic carbocycles. The van der Waals surface area contributed by atoms with Crippen LogP contribution >= 0.6 is 0 Å². The van der Waals surface area contributed by atoms with Gasteiger partial charge in [0.05, 0.1) is 12.7 Å². The molecule has 0 saturated heterocycles. The first-order chi connectivity index (χ1) is 7.95. The number of nitrogens with two attached hydrogens (primary N) is 1. The number of rotatable bonds is 4. The Bertz CT molecular complexity index is 445. The molecule has 0 heterocycles. The van der Waals surface area contributed by atoms with Crippen molar-refractivity contribution >= 4 is 11.8 Å². The summed E-state index contributed by atoms with van der Waals surface area (Å²) in [4.78, 5) is 22.4. The first-order valence-electron chi connectivity index (χ1n) is 4.93. The highest BCUT2D eigenvalue weighted by Gasteiger charge is 2.16. The largest absolute Gasteiger partial charge is 0.507 e. The summed E-state index contributed by atoms with van der Waals surface area (Å²) in [6.45, 7) is 1.46. The summed E-state index contributed by atoms with van der Waals surface area (Å²) in [7, 11) is 1.45. The number of phenolic OH excluding ortho intramolecular Hbond substituents is 1. The molecule has 0 aliphatic heterocycles. The lowest BCUT2D eigenvalue weighted by Crippen LogP contribution is -2.42. The minimum atomic E-state index is -0.802. The SMILES string of the molecule is COc1ccc(C(=O)NC(C)C(N)=O)c(O)c1. The standard InChI is InChI=1S/C11H14N2O4/c1-6(10(12)15)13-11(16)8-4-3-7(17-2)5-9(8)14/h3-6,14H,1-2H3,(H2,12,15)(H,13,16). The summed E-state index contributed by atoms with van der Waals surface area (Å²) in [6, 6.07) is 3.44. The topological polar surface area (TPSA) is 102 Å². The monoisotopic (exact) mass is 238 g/mol. The molecule has 0 aliphatic rings. The number of benzene rings is 1. The first-order valence-corrected chi connectivity index (χ1v) is 4.93. The average molecular weight is 238 g/mol. The van der Waals surface area contributed by atoms with Gasteiger partial charge in [-0.15, -0.1) is 0 Å². The van der Waals surface area contributed by atoms with E-state index in [1.54, 1.807) is 0 Å². The zero-order valence-corrected chi connectivity index (χ0v) is 9.56. The zero-order valence-electron chi connectivity index (χ0n) is 9.56. The van der Waals surface area contributed by atoms with Gasteiger partial charge in [-0.2, -0.15) is 0 Å². The molecule has 1 rings (SSSR count). The van der Waals surface area contributed by atoms with E-state index in [-0.39, 0.29) is 11.3 Å². The Morgan fingerprint density at radius 1 is 1.47 bits per heavy atom. The van der Waals surface area contributed by atoms with Gasteiger partial charge in [-0.25, -0.2) is 0 Å². The van der Waals surface area contributed by atoms with Crippen LogP contribution in [0.3, 0.4) is 0 Å². The molecule has 92 valence electrons. The Labute approximate surface area is 98.4 Å². The molecule has 1 aromatic carbocycles. The molecule has 0 bridgehead atoms. The van der Waals surface area contributed by atoms with E-state index < -0.39 is 17.9 Å². The molecule has 0 spiro atoms. The summed E-state index contributed by atoms with van der Waals surface area (Å²) in [5, 5.41) is 11.9. The number of nitrogens with one attached hydrogen (secondary N) is 1. The molecule has 0 fully saturated rings. The molecule has 1 unspecified atom stereocenters. The van der Waals surface area contributed by atoms with Gasteiger partial charge in [0, 0.05) is 6.07 Å². The van der Waals surface area contributed by atoms with Crippen molar-refractivity contribution in [3.8, 4) is 11.5 Å². The second-order valence-electron chi connectivity index (χ2n) is 3.48. The van der Waals surface area contributed by atoms with E-state index in [1.807, 2.05) is 0 Å². The van der Waals surface area contributed by atoms with Crippen LogP contribution in [0.25, 0.3) is 0 Å². The smallest absolute Gasteiger partial charge is 0.255 e. The first kappa shape index (κ1) is 12.8.